The highest BCUT2D eigenvalue weighted by molar-refractivity contribution is 7.08. The molecule has 2 aromatic rings. The number of hydrogen-bond acceptors (Lipinski definition) is 4. The molecule has 0 aliphatic carbocycles. The first-order valence-corrected chi connectivity index (χ1v) is 8.42. The van der Waals surface area contributed by atoms with Gasteiger partial charge in [-0.15, -0.1) is 0 Å². The van der Waals surface area contributed by atoms with Crippen molar-refractivity contribution in [2.24, 2.45) is 0 Å². The van der Waals surface area contributed by atoms with E-state index in [1.54, 1.807) is 41.7 Å². The summed E-state index contributed by atoms with van der Waals surface area (Å²) in [5.74, 6) is -0.707. The van der Waals surface area contributed by atoms with Crippen LogP contribution in [0.15, 0.2) is 47.2 Å². The van der Waals surface area contributed by atoms with E-state index in [9.17, 15) is 9.59 Å². The molecule has 0 saturated carbocycles. The molecule has 0 atom stereocenters. The molecule has 0 aliphatic heterocycles. The molecule has 0 saturated heterocycles. The van der Waals surface area contributed by atoms with E-state index < -0.39 is 5.97 Å². The molecule has 0 bridgehead atoms. The van der Waals surface area contributed by atoms with E-state index in [1.165, 1.54) is 6.08 Å². The van der Waals surface area contributed by atoms with E-state index in [0.717, 1.165) is 18.4 Å². The van der Waals surface area contributed by atoms with E-state index in [1.807, 2.05) is 23.8 Å². The summed E-state index contributed by atoms with van der Waals surface area (Å²) in [4.78, 5) is 24.1. The van der Waals surface area contributed by atoms with Gasteiger partial charge in [0.2, 0.25) is 5.91 Å². The van der Waals surface area contributed by atoms with Gasteiger partial charge >= 0.3 is 5.97 Å². The molecule has 0 spiro atoms. The molecule has 0 fully saturated rings. The van der Waals surface area contributed by atoms with Crippen molar-refractivity contribution in [3.05, 3.63) is 58.3 Å². The van der Waals surface area contributed by atoms with Crippen molar-refractivity contribution in [1.82, 2.24) is 0 Å². The maximum atomic E-state index is 12.1. The standard InChI is InChI=1S/C18H19NO3S/c1-2-3-11-22-18(21)15-6-4-5-7-16(15)19-17(20)9-8-14-10-12-23-13-14/h4-10,12-13H,2-3,11H2,1H3,(H,19,20)/b9-8+. The predicted octanol–water partition coefficient (Wildman–Crippen LogP) is 4.36. The van der Waals surface area contributed by atoms with Crippen molar-refractivity contribution >= 4 is 35.0 Å². The van der Waals surface area contributed by atoms with Crippen LogP contribution in [-0.4, -0.2) is 18.5 Å². The fraction of sp³-hybridized carbons (Fsp3) is 0.222. The van der Waals surface area contributed by atoms with Crippen LogP contribution in [0.4, 0.5) is 5.69 Å². The highest BCUT2D eigenvalue weighted by Gasteiger charge is 2.13. The Balaban J connectivity index is 2.02. The minimum atomic E-state index is -0.420. The molecular weight excluding hydrogens is 310 g/mol. The largest absolute Gasteiger partial charge is 0.462 e. The van der Waals surface area contributed by atoms with Gasteiger partial charge in [-0.05, 0) is 47.0 Å². The van der Waals surface area contributed by atoms with Crippen molar-refractivity contribution in [2.45, 2.75) is 19.8 Å². The molecule has 1 N–H and O–H groups in total. The highest BCUT2D eigenvalue weighted by atomic mass is 32.1. The molecular formula is C18H19NO3S. The number of rotatable bonds is 7. The van der Waals surface area contributed by atoms with Crippen molar-refractivity contribution in [3.63, 3.8) is 0 Å². The van der Waals surface area contributed by atoms with Crippen LogP contribution in [0.2, 0.25) is 0 Å². The van der Waals surface area contributed by atoms with Gasteiger partial charge in [-0.3, -0.25) is 4.79 Å². The maximum Gasteiger partial charge on any atom is 0.340 e. The van der Waals surface area contributed by atoms with E-state index in [0.29, 0.717) is 17.9 Å². The summed E-state index contributed by atoms with van der Waals surface area (Å²) in [5.41, 5.74) is 1.78. The lowest BCUT2D eigenvalue weighted by Gasteiger charge is -2.09. The normalized spacial score (nSPS) is 10.7. The van der Waals surface area contributed by atoms with Gasteiger partial charge in [0.25, 0.3) is 0 Å². The quantitative estimate of drug-likeness (QED) is 0.466. The van der Waals surface area contributed by atoms with Crippen LogP contribution in [0.1, 0.15) is 35.7 Å². The van der Waals surface area contributed by atoms with Gasteiger partial charge in [0.05, 0.1) is 17.9 Å². The minimum Gasteiger partial charge on any atom is -0.462 e. The first-order valence-electron chi connectivity index (χ1n) is 7.48. The summed E-state index contributed by atoms with van der Waals surface area (Å²) < 4.78 is 5.20. The van der Waals surface area contributed by atoms with Crippen molar-refractivity contribution in [2.75, 3.05) is 11.9 Å². The zero-order chi connectivity index (χ0) is 16.5. The molecule has 23 heavy (non-hydrogen) atoms. The minimum absolute atomic E-state index is 0.287. The molecule has 1 heterocycles. The number of para-hydroxylation sites is 1. The monoisotopic (exact) mass is 329 g/mol. The molecule has 1 aromatic heterocycles. The van der Waals surface area contributed by atoms with Gasteiger partial charge in [-0.1, -0.05) is 25.5 Å². The lowest BCUT2D eigenvalue weighted by atomic mass is 10.1. The Morgan fingerprint density at radius 2 is 2.09 bits per heavy atom. The average molecular weight is 329 g/mol. The summed E-state index contributed by atoms with van der Waals surface area (Å²) in [6.07, 6.45) is 4.96. The maximum absolute atomic E-state index is 12.1. The van der Waals surface area contributed by atoms with Crippen molar-refractivity contribution in [1.29, 1.82) is 0 Å². The van der Waals surface area contributed by atoms with Crippen LogP contribution in [0.25, 0.3) is 6.08 Å². The molecule has 120 valence electrons. The van der Waals surface area contributed by atoms with Crippen LogP contribution in [0.5, 0.6) is 0 Å². The molecule has 2 rings (SSSR count). The highest BCUT2D eigenvalue weighted by Crippen LogP contribution is 2.17. The smallest absolute Gasteiger partial charge is 0.340 e. The SMILES string of the molecule is CCCCOC(=O)c1ccccc1NC(=O)/C=C/c1ccsc1. The summed E-state index contributed by atoms with van der Waals surface area (Å²) in [6.45, 7) is 2.41. The van der Waals surface area contributed by atoms with Gasteiger partial charge in [0, 0.05) is 6.08 Å². The summed E-state index contributed by atoms with van der Waals surface area (Å²) >= 11 is 1.57. The third-order valence-electron chi connectivity index (χ3n) is 3.11. The second kappa shape index (κ2) is 8.90. The first-order chi connectivity index (χ1) is 11.2. The number of carbonyl (C=O) groups excluding carboxylic acids is 2. The number of hydrogen-bond donors (Lipinski definition) is 1. The Bertz CT molecular complexity index is 677. The van der Waals surface area contributed by atoms with Crippen LogP contribution in [0, 0.1) is 0 Å². The number of thiophene rings is 1. The third kappa shape index (κ3) is 5.38. The number of unbranched alkanes of at least 4 members (excludes halogenated alkanes) is 1. The van der Waals surface area contributed by atoms with Crippen LogP contribution in [0.3, 0.4) is 0 Å². The molecule has 0 unspecified atom stereocenters. The number of anilines is 1. The van der Waals surface area contributed by atoms with Crippen LogP contribution in [-0.2, 0) is 9.53 Å². The molecule has 5 heteroatoms. The van der Waals surface area contributed by atoms with Crippen molar-refractivity contribution < 1.29 is 14.3 Å². The molecule has 0 aliphatic rings. The number of carbonyl (C=O) groups is 2. The van der Waals surface area contributed by atoms with Gasteiger partial charge in [-0.2, -0.15) is 11.3 Å². The molecule has 1 amide bonds. The Labute approximate surface area is 139 Å². The molecule has 1 aromatic carbocycles. The molecule has 0 radical (unpaired) electrons. The summed E-state index contributed by atoms with van der Waals surface area (Å²) in [5, 5.41) is 6.61. The second-order valence-electron chi connectivity index (χ2n) is 4.91. The van der Waals surface area contributed by atoms with Crippen molar-refractivity contribution in [3.8, 4) is 0 Å². The topological polar surface area (TPSA) is 55.4 Å². The zero-order valence-corrected chi connectivity index (χ0v) is 13.8. The van der Waals surface area contributed by atoms with Gasteiger partial charge in [-0.25, -0.2) is 4.79 Å². The number of esters is 1. The van der Waals surface area contributed by atoms with Crippen LogP contribution < -0.4 is 5.32 Å². The van der Waals surface area contributed by atoms with E-state index in [4.69, 9.17) is 4.74 Å². The Hall–Kier alpha value is -2.40. The van der Waals surface area contributed by atoms with E-state index in [-0.39, 0.29) is 5.91 Å². The Morgan fingerprint density at radius 1 is 1.26 bits per heavy atom. The van der Waals surface area contributed by atoms with Gasteiger partial charge < -0.3 is 10.1 Å². The number of nitrogens with one attached hydrogen (secondary N) is 1. The number of ether oxygens (including phenoxy) is 1. The Kier molecular flexibility index (Phi) is 6.56. The van der Waals surface area contributed by atoms with Crippen LogP contribution >= 0.6 is 11.3 Å². The third-order valence-corrected chi connectivity index (χ3v) is 3.81. The summed E-state index contributed by atoms with van der Waals surface area (Å²) in [7, 11) is 0. The van der Waals surface area contributed by atoms with Gasteiger partial charge in [0.1, 0.15) is 0 Å². The number of amides is 1. The van der Waals surface area contributed by atoms with E-state index >= 15 is 0 Å². The second-order valence-corrected chi connectivity index (χ2v) is 5.69. The lowest BCUT2D eigenvalue weighted by molar-refractivity contribution is -0.111. The average Bonchev–Trinajstić information content (AvgIpc) is 3.07. The fourth-order valence-corrected chi connectivity index (χ4v) is 2.50. The zero-order valence-electron chi connectivity index (χ0n) is 13.0. The number of benzene rings is 1. The first kappa shape index (κ1) is 17.0. The molecule has 4 nitrogen and oxygen atoms in total. The Morgan fingerprint density at radius 3 is 2.83 bits per heavy atom. The predicted molar refractivity (Wildman–Crippen MR) is 93.6 cm³/mol. The van der Waals surface area contributed by atoms with Gasteiger partial charge in [0.15, 0.2) is 0 Å². The fourth-order valence-electron chi connectivity index (χ4n) is 1.87. The summed E-state index contributed by atoms with van der Waals surface area (Å²) in [6, 6.07) is 8.76. The lowest BCUT2D eigenvalue weighted by Crippen LogP contribution is -2.14. The van der Waals surface area contributed by atoms with E-state index in [2.05, 4.69) is 5.32 Å².